The summed E-state index contributed by atoms with van der Waals surface area (Å²) in [5.74, 6) is 0.556. The van der Waals surface area contributed by atoms with Gasteiger partial charge in [-0.05, 0) is 42.8 Å². The number of carbonyl (C=O) groups excluding carboxylic acids is 1. The minimum Gasteiger partial charge on any atom is -0.497 e. The fourth-order valence-electron chi connectivity index (χ4n) is 2.61. The lowest BCUT2D eigenvalue weighted by Gasteiger charge is -2.25. The molecule has 0 saturated carbocycles. The van der Waals surface area contributed by atoms with E-state index in [9.17, 15) is 13.2 Å². The molecule has 0 radical (unpaired) electrons. The Morgan fingerprint density at radius 1 is 0.929 bits per heavy atom. The highest BCUT2D eigenvalue weighted by atomic mass is 32.2. The van der Waals surface area contributed by atoms with Gasteiger partial charge in [-0.3, -0.25) is 9.10 Å². The van der Waals surface area contributed by atoms with E-state index < -0.39 is 22.5 Å². The molecule has 0 aliphatic rings. The van der Waals surface area contributed by atoms with Gasteiger partial charge < -0.3 is 18.9 Å². The molecule has 2 aromatic carbocycles. The quantitative estimate of drug-likeness (QED) is 0.618. The van der Waals surface area contributed by atoms with Crippen LogP contribution < -0.4 is 18.5 Å². The van der Waals surface area contributed by atoms with Crippen LogP contribution in [0.3, 0.4) is 0 Å². The molecule has 0 heterocycles. The Kier molecular flexibility index (Phi) is 6.74. The summed E-state index contributed by atoms with van der Waals surface area (Å²) in [5.41, 5.74) is 0.825. The number of methoxy groups -OCH3 is 4. The van der Waals surface area contributed by atoms with Crippen LogP contribution in [0.4, 0.5) is 5.69 Å². The predicted octanol–water partition coefficient (Wildman–Crippen LogP) is 2.39. The summed E-state index contributed by atoms with van der Waals surface area (Å²) in [6.45, 7) is 1.21. The number of ether oxygens (including phenoxy) is 4. The number of aryl methyl sites for hydroxylation is 1. The molecule has 28 heavy (non-hydrogen) atoms. The Morgan fingerprint density at radius 3 is 2.14 bits per heavy atom. The van der Waals surface area contributed by atoms with E-state index >= 15 is 0 Å². The van der Waals surface area contributed by atoms with Crippen LogP contribution in [0.25, 0.3) is 0 Å². The van der Waals surface area contributed by atoms with E-state index in [4.69, 9.17) is 14.2 Å². The molecule has 0 spiro atoms. The highest BCUT2D eigenvalue weighted by molar-refractivity contribution is 7.92. The topological polar surface area (TPSA) is 91.4 Å². The van der Waals surface area contributed by atoms with Gasteiger partial charge in [-0.2, -0.15) is 0 Å². The summed E-state index contributed by atoms with van der Waals surface area (Å²) < 4.78 is 48.0. The van der Waals surface area contributed by atoms with Crippen LogP contribution in [0.15, 0.2) is 41.3 Å². The molecular formula is C19H23NO7S. The minimum absolute atomic E-state index is 0.00701. The Hall–Kier alpha value is -2.94. The standard InChI is InChI=1S/C19H23NO7S/c1-13-10-15(7-9-17(13)25-3)28(22,23)20(12-19(21)27-5)16-8-6-14(24-2)11-18(16)26-4/h6-11H,12H2,1-5H3. The van der Waals surface area contributed by atoms with Crippen LogP contribution >= 0.6 is 0 Å². The Morgan fingerprint density at radius 2 is 1.61 bits per heavy atom. The number of sulfonamides is 1. The molecule has 2 aromatic rings. The first-order chi connectivity index (χ1) is 13.3. The first-order valence-electron chi connectivity index (χ1n) is 8.24. The molecule has 0 unspecified atom stereocenters. The second-order valence-electron chi connectivity index (χ2n) is 5.76. The third-order valence-electron chi connectivity index (χ3n) is 4.11. The molecule has 0 aromatic heterocycles. The second-order valence-corrected chi connectivity index (χ2v) is 7.62. The van der Waals surface area contributed by atoms with Gasteiger partial charge in [-0.25, -0.2) is 8.42 Å². The van der Waals surface area contributed by atoms with Gasteiger partial charge in [0.1, 0.15) is 23.8 Å². The molecule has 8 nitrogen and oxygen atoms in total. The molecule has 0 aliphatic carbocycles. The van der Waals surface area contributed by atoms with Crippen LogP contribution in [0.5, 0.6) is 17.2 Å². The van der Waals surface area contributed by atoms with Gasteiger partial charge in [-0.15, -0.1) is 0 Å². The molecule has 0 aliphatic heterocycles. The molecule has 2 rings (SSSR count). The molecule has 0 bridgehead atoms. The van der Waals surface area contributed by atoms with Crippen molar-refractivity contribution in [3.63, 3.8) is 0 Å². The number of nitrogens with zero attached hydrogens (tertiary/aromatic N) is 1. The van der Waals surface area contributed by atoms with Gasteiger partial charge in [-0.1, -0.05) is 0 Å². The lowest BCUT2D eigenvalue weighted by Crippen LogP contribution is -2.36. The zero-order chi connectivity index (χ0) is 20.9. The lowest BCUT2D eigenvalue weighted by atomic mass is 10.2. The Bertz CT molecular complexity index is 957. The highest BCUT2D eigenvalue weighted by Gasteiger charge is 2.30. The van der Waals surface area contributed by atoms with E-state index in [0.717, 1.165) is 4.31 Å². The number of hydrogen-bond acceptors (Lipinski definition) is 7. The van der Waals surface area contributed by atoms with Gasteiger partial charge >= 0.3 is 5.97 Å². The van der Waals surface area contributed by atoms with Crippen molar-refractivity contribution in [1.82, 2.24) is 0 Å². The summed E-state index contributed by atoms with van der Waals surface area (Å²) in [4.78, 5) is 12.0. The second kappa shape index (κ2) is 8.83. The van der Waals surface area contributed by atoms with Gasteiger partial charge in [0.2, 0.25) is 0 Å². The predicted molar refractivity (Wildman–Crippen MR) is 104 cm³/mol. The minimum atomic E-state index is -4.10. The van der Waals surface area contributed by atoms with Crippen molar-refractivity contribution >= 4 is 21.7 Å². The van der Waals surface area contributed by atoms with Crippen molar-refractivity contribution < 1.29 is 32.2 Å². The van der Waals surface area contributed by atoms with Crippen molar-refractivity contribution in [3.05, 3.63) is 42.0 Å². The van der Waals surface area contributed by atoms with Crippen LogP contribution in [-0.4, -0.2) is 49.4 Å². The van der Waals surface area contributed by atoms with E-state index in [1.165, 1.54) is 52.7 Å². The maximum absolute atomic E-state index is 13.3. The van der Waals surface area contributed by atoms with Crippen LogP contribution in [-0.2, 0) is 19.6 Å². The van der Waals surface area contributed by atoms with E-state index in [1.807, 2.05) is 0 Å². The molecule has 152 valence electrons. The van der Waals surface area contributed by atoms with Crippen LogP contribution in [0.1, 0.15) is 5.56 Å². The number of hydrogen-bond donors (Lipinski definition) is 0. The summed E-state index contributed by atoms with van der Waals surface area (Å²) in [5, 5.41) is 0. The number of carbonyl (C=O) groups is 1. The zero-order valence-corrected chi connectivity index (χ0v) is 17.2. The molecule has 0 atom stereocenters. The summed E-state index contributed by atoms with van der Waals surface area (Å²) in [6.07, 6.45) is 0. The molecule has 0 saturated heterocycles. The Labute approximate surface area is 164 Å². The number of benzene rings is 2. The fourth-order valence-corrected chi connectivity index (χ4v) is 4.12. The van der Waals surface area contributed by atoms with Crippen molar-refractivity contribution in [1.29, 1.82) is 0 Å². The van der Waals surface area contributed by atoms with Gasteiger partial charge in [0.05, 0.1) is 39.0 Å². The average Bonchev–Trinajstić information content (AvgIpc) is 2.71. The zero-order valence-electron chi connectivity index (χ0n) is 16.4. The monoisotopic (exact) mass is 409 g/mol. The summed E-state index contributed by atoms with van der Waals surface area (Å²) in [6, 6.07) is 9.08. The molecule has 0 amide bonds. The molecule has 0 fully saturated rings. The average molecular weight is 409 g/mol. The smallest absolute Gasteiger partial charge is 0.326 e. The molecule has 0 N–H and O–H groups in total. The number of esters is 1. The maximum Gasteiger partial charge on any atom is 0.326 e. The van der Waals surface area contributed by atoms with E-state index in [2.05, 4.69) is 4.74 Å². The number of anilines is 1. The molecular weight excluding hydrogens is 386 g/mol. The third kappa shape index (κ3) is 4.30. The van der Waals surface area contributed by atoms with Crippen molar-refractivity contribution in [2.24, 2.45) is 0 Å². The SMILES string of the molecule is COC(=O)CN(c1ccc(OC)cc1OC)S(=O)(=O)c1ccc(OC)c(C)c1. The van der Waals surface area contributed by atoms with Crippen LogP contribution in [0.2, 0.25) is 0 Å². The van der Waals surface area contributed by atoms with Crippen molar-refractivity contribution in [2.45, 2.75) is 11.8 Å². The lowest BCUT2D eigenvalue weighted by molar-refractivity contribution is -0.138. The number of rotatable bonds is 8. The van der Waals surface area contributed by atoms with E-state index in [1.54, 1.807) is 19.1 Å². The summed E-state index contributed by atoms with van der Waals surface area (Å²) >= 11 is 0. The van der Waals surface area contributed by atoms with E-state index in [0.29, 0.717) is 17.1 Å². The largest absolute Gasteiger partial charge is 0.497 e. The van der Waals surface area contributed by atoms with Gasteiger partial charge in [0.15, 0.2) is 0 Å². The first kappa shape index (κ1) is 21.4. The molecule has 9 heteroatoms. The van der Waals surface area contributed by atoms with Crippen LogP contribution in [0, 0.1) is 6.92 Å². The van der Waals surface area contributed by atoms with E-state index in [-0.39, 0.29) is 16.3 Å². The Balaban J connectivity index is 2.63. The first-order valence-corrected chi connectivity index (χ1v) is 9.68. The summed E-state index contributed by atoms with van der Waals surface area (Å²) in [7, 11) is 1.48. The highest BCUT2D eigenvalue weighted by Crippen LogP contribution is 2.36. The normalized spacial score (nSPS) is 10.9. The van der Waals surface area contributed by atoms with Crippen molar-refractivity contribution in [3.8, 4) is 17.2 Å². The van der Waals surface area contributed by atoms with Crippen molar-refractivity contribution in [2.75, 3.05) is 39.3 Å². The third-order valence-corrected chi connectivity index (χ3v) is 5.87. The fraction of sp³-hybridized carbons (Fsp3) is 0.316. The van der Waals surface area contributed by atoms with Gasteiger partial charge in [0.25, 0.3) is 10.0 Å². The van der Waals surface area contributed by atoms with Gasteiger partial charge in [0, 0.05) is 6.07 Å². The maximum atomic E-state index is 13.3.